The van der Waals surface area contributed by atoms with Crippen LogP contribution in [-0.2, 0) is 17.7 Å². The van der Waals surface area contributed by atoms with Gasteiger partial charge in [0.15, 0.2) is 0 Å². The van der Waals surface area contributed by atoms with Crippen LogP contribution in [0.1, 0.15) is 56.2 Å². The lowest BCUT2D eigenvalue weighted by atomic mass is 10.1. The minimum atomic E-state index is 0.369. The molecule has 3 saturated heterocycles. The Labute approximate surface area is 152 Å². The van der Waals surface area contributed by atoms with Crippen LogP contribution in [0.25, 0.3) is 0 Å². The minimum Gasteiger partial charge on any atom is -0.373 e. The predicted octanol–water partition coefficient (Wildman–Crippen LogP) is 3.25. The molecular weight excluding hydrogens is 310 g/mol. The van der Waals surface area contributed by atoms with E-state index >= 15 is 0 Å². The molecular formula is C21H33N3O. The van der Waals surface area contributed by atoms with Crippen LogP contribution >= 0.6 is 0 Å². The minimum absolute atomic E-state index is 0.369. The molecule has 4 heteroatoms. The number of aromatic nitrogens is 1. The summed E-state index contributed by atoms with van der Waals surface area (Å²) >= 11 is 0. The van der Waals surface area contributed by atoms with E-state index in [9.17, 15) is 0 Å². The van der Waals surface area contributed by atoms with Gasteiger partial charge in [-0.1, -0.05) is 12.5 Å². The zero-order chi connectivity index (χ0) is 16.9. The number of likely N-dealkylation sites (tertiary alicyclic amines) is 2. The maximum absolute atomic E-state index is 6.29. The van der Waals surface area contributed by atoms with E-state index in [2.05, 4.69) is 28.1 Å². The van der Waals surface area contributed by atoms with Crippen LogP contribution < -0.4 is 0 Å². The maximum atomic E-state index is 6.29. The quantitative estimate of drug-likeness (QED) is 0.793. The van der Waals surface area contributed by atoms with Crippen molar-refractivity contribution in [1.82, 2.24) is 14.8 Å². The first-order chi connectivity index (χ1) is 12.3. The van der Waals surface area contributed by atoms with Gasteiger partial charge >= 0.3 is 0 Å². The molecule has 25 heavy (non-hydrogen) atoms. The van der Waals surface area contributed by atoms with Gasteiger partial charge in [-0.05, 0) is 76.3 Å². The molecule has 4 heterocycles. The van der Waals surface area contributed by atoms with Gasteiger partial charge in [-0.25, -0.2) is 0 Å². The molecule has 4 rings (SSSR count). The number of nitrogens with zero attached hydrogens (tertiary/aromatic N) is 3. The monoisotopic (exact) mass is 343 g/mol. The third kappa shape index (κ3) is 5.02. The number of piperidine rings is 1. The predicted molar refractivity (Wildman–Crippen MR) is 101 cm³/mol. The molecule has 3 aliphatic heterocycles. The van der Waals surface area contributed by atoms with Gasteiger partial charge in [-0.2, -0.15) is 0 Å². The van der Waals surface area contributed by atoms with Gasteiger partial charge in [-0.15, -0.1) is 0 Å². The van der Waals surface area contributed by atoms with Gasteiger partial charge in [0.25, 0.3) is 0 Å². The molecule has 0 spiro atoms. The second-order valence-corrected chi connectivity index (χ2v) is 8.16. The average Bonchev–Trinajstić information content (AvgIpc) is 3.30. The van der Waals surface area contributed by atoms with E-state index in [-0.39, 0.29) is 0 Å². The van der Waals surface area contributed by atoms with Crippen molar-refractivity contribution in [3.05, 3.63) is 29.6 Å². The Morgan fingerprint density at radius 1 is 0.880 bits per heavy atom. The summed E-state index contributed by atoms with van der Waals surface area (Å²) in [6.07, 6.45) is 13.1. The Kier molecular flexibility index (Phi) is 6.01. The standard InChI is InChI=1S/C21H33N3O/c1-2-10-23(11-3-1)16-18-6-7-19(22-15-18)14-20-8-9-21(25-20)17-24-12-4-5-13-24/h6-7,15,20-21H,1-5,8-14,16-17H2/t20-,21+/m0/s1. The lowest BCUT2D eigenvalue weighted by Gasteiger charge is -2.26. The van der Waals surface area contributed by atoms with Crippen molar-refractivity contribution in [3.63, 3.8) is 0 Å². The molecule has 3 fully saturated rings. The highest BCUT2D eigenvalue weighted by Crippen LogP contribution is 2.24. The highest BCUT2D eigenvalue weighted by Gasteiger charge is 2.28. The molecule has 2 atom stereocenters. The Bertz CT molecular complexity index is 520. The summed E-state index contributed by atoms with van der Waals surface area (Å²) in [6.45, 7) is 7.23. The summed E-state index contributed by atoms with van der Waals surface area (Å²) in [6, 6.07) is 4.49. The fourth-order valence-corrected chi connectivity index (χ4v) is 4.60. The Morgan fingerprint density at radius 3 is 2.36 bits per heavy atom. The molecule has 0 amide bonds. The first-order valence-electron chi connectivity index (χ1n) is 10.4. The van der Waals surface area contributed by atoms with Gasteiger partial charge in [0.2, 0.25) is 0 Å². The first kappa shape index (κ1) is 17.4. The number of hydrogen-bond donors (Lipinski definition) is 0. The summed E-state index contributed by atoms with van der Waals surface area (Å²) in [7, 11) is 0. The van der Waals surface area contributed by atoms with E-state index in [4.69, 9.17) is 9.72 Å². The normalized spacial score (nSPS) is 28.6. The smallest absolute Gasteiger partial charge is 0.0706 e. The Hall–Kier alpha value is -0.970. The molecule has 0 saturated carbocycles. The number of rotatable bonds is 6. The fourth-order valence-electron chi connectivity index (χ4n) is 4.60. The molecule has 0 bridgehead atoms. The SMILES string of the molecule is c1cc(C[C@@H]2CC[C@H](CN3CCCC3)O2)ncc1CN1CCCCC1. The third-order valence-corrected chi connectivity index (χ3v) is 6.03. The summed E-state index contributed by atoms with van der Waals surface area (Å²) in [5.41, 5.74) is 2.54. The average molecular weight is 344 g/mol. The zero-order valence-corrected chi connectivity index (χ0v) is 15.5. The second kappa shape index (κ2) is 8.61. The topological polar surface area (TPSA) is 28.6 Å². The van der Waals surface area contributed by atoms with E-state index in [0.29, 0.717) is 12.2 Å². The van der Waals surface area contributed by atoms with E-state index in [1.807, 2.05) is 0 Å². The maximum Gasteiger partial charge on any atom is 0.0706 e. The fraction of sp³-hybridized carbons (Fsp3) is 0.762. The van der Waals surface area contributed by atoms with Crippen LogP contribution in [0.2, 0.25) is 0 Å². The molecule has 1 aromatic heterocycles. The lowest BCUT2D eigenvalue weighted by Crippen LogP contribution is -2.30. The molecule has 1 aromatic rings. The summed E-state index contributed by atoms with van der Waals surface area (Å²) in [5, 5.41) is 0. The van der Waals surface area contributed by atoms with E-state index < -0.39 is 0 Å². The van der Waals surface area contributed by atoms with E-state index in [0.717, 1.165) is 19.5 Å². The number of hydrogen-bond acceptors (Lipinski definition) is 4. The molecule has 0 unspecified atom stereocenters. The molecule has 0 N–H and O–H groups in total. The van der Waals surface area contributed by atoms with E-state index in [1.54, 1.807) is 0 Å². The van der Waals surface area contributed by atoms with Crippen LogP contribution in [0.4, 0.5) is 0 Å². The van der Waals surface area contributed by atoms with Gasteiger partial charge in [0.1, 0.15) is 0 Å². The largest absolute Gasteiger partial charge is 0.373 e. The van der Waals surface area contributed by atoms with Crippen LogP contribution in [0.5, 0.6) is 0 Å². The van der Waals surface area contributed by atoms with Crippen LogP contribution in [0, 0.1) is 0 Å². The highest BCUT2D eigenvalue weighted by atomic mass is 16.5. The molecule has 0 aromatic carbocycles. The first-order valence-corrected chi connectivity index (χ1v) is 10.4. The van der Waals surface area contributed by atoms with Gasteiger partial charge in [0, 0.05) is 31.4 Å². The van der Waals surface area contributed by atoms with Crippen molar-refractivity contribution in [2.24, 2.45) is 0 Å². The van der Waals surface area contributed by atoms with Crippen molar-refractivity contribution in [1.29, 1.82) is 0 Å². The molecule has 138 valence electrons. The summed E-state index contributed by atoms with van der Waals surface area (Å²) < 4.78 is 6.29. The Morgan fingerprint density at radius 2 is 1.60 bits per heavy atom. The van der Waals surface area contributed by atoms with Crippen molar-refractivity contribution < 1.29 is 4.74 Å². The van der Waals surface area contributed by atoms with Crippen LogP contribution in [0.15, 0.2) is 18.3 Å². The molecule has 4 nitrogen and oxygen atoms in total. The Balaban J connectivity index is 1.22. The highest BCUT2D eigenvalue weighted by molar-refractivity contribution is 5.15. The number of pyridine rings is 1. The summed E-state index contributed by atoms with van der Waals surface area (Å²) in [5.74, 6) is 0. The van der Waals surface area contributed by atoms with Crippen molar-refractivity contribution in [3.8, 4) is 0 Å². The number of ether oxygens (including phenoxy) is 1. The van der Waals surface area contributed by atoms with Crippen LogP contribution in [-0.4, -0.2) is 59.7 Å². The van der Waals surface area contributed by atoms with Gasteiger partial charge in [-0.3, -0.25) is 9.88 Å². The van der Waals surface area contributed by atoms with Crippen molar-refractivity contribution in [2.45, 2.75) is 70.1 Å². The molecule has 0 aliphatic carbocycles. The molecule has 0 radical (unpaired) electrons. The lowest BCUT2D eigenvalue weighted by molar-refractivity contribution is 0.0271. The summed E-state index contributed by atoms with van der Waals surface area (Å²) in [4.78, 5) is 9.85. The van der Waals surface area contributed by atoms with Crippen molar-refractivity contribution in [2.75, 3.05) is 32.7 Å². The van der Waals surface area contributed by atoms with E-state index in [1.165, 1.54) is 82.4 Å². The zero-order valence-electron chi connectivity index (χ0n) is 15.5. The van der Waals surface area contributed by atoms with Gasteiger partial charge < -0.3 is 9.64 Å². The second-order valence-electron chi connectivity index (χ2n) is 8.16. The third-order valence-electron chi connectivity index (χ3n) is 6.03. The van der Waals surface area contributed by atoms with Crippen molar-refractivity contribution >= 4 is 0 Å². The van der Waals surface area contributed by atoms with Crippen LogP contribution in [0.3, 0.4) is 0 Å². The van der Waals surface area contributed by atoms with Gasteiger partial charge in [0.05, 0.1) is 12.2 Å². The molecule has 3 aliphatic rings.